The number of hydrogen-bond acceptors (Lipinski definition) is 6. The van der Waals surface area contributed by atoms with Gasteiger partial charge < -0.3 is 5.11 Å². The SMILES string of the molecule is Cc1ccc(S(=O)(=O)Nc2cnns2)c(C#CCCO)c1. The summed E-state index contributed by atoms with van der Waals surface area (Å²) in [5, 5.41) is 12.7. The van der Waals surface area contributed by atoms with E-state index in [1.807, 2.05) is 6.92 Å². The van der Waals surface area contributed by atoms with Gasteiger partial charge in [0.15, 0.2) is 0 Å². The molecule has 21 heavy (non-hydrogen) atoms. The van der Waals surface area contributed by atoms with Gasteiger partial charge in [0.05, 0.1) is 12.8 Å². The van der Waals surface area contributed by atoms with Crippen LogP contribution < -0.4 is 4.72 Å². The lowest BCUT2D eigenvalue weighted by atomic mass is 10.1. The second kappa shape index (κ2) is 6.67. The van der Waals surface area contributed by atoms with E-state index in [-0.39, 0.29) is 11.5 Å². The number of benzene rings is 1. The van der Waals surface area contributed by atoms with Crippen molar-refractivity contribution in [3.8, 4) is 11.8 Å². The second-order valence-electron chi connectivity index (χ2n) is 4.16. The molecule has 0 atom stereocenters. The van der Waals surface area contributed by atoms with E-state index in [0.717, 1.165) is 17.1 Å². The molecule has 1 heterocycles. The molecule has 2 N–H and O–H groups in total. The van der Waals surface area contributed by atoms with E-state index in [4.69, 9.17) is 5.11 Å². The van der Waals surface area contributed by atoms with Crippen LogP contribution in [-0.4, -0.2) is 29.7 Å². The first-order chi connectivity index (χ1) is 10.0. The number of aryl methyl sites for hydroxylation is 1. The summed E-state index contributed by atoms with van der Waals surface area (Å²) < 4.78 is 30.8. The highest BCUT2D eigenvalue weighted by molar-refractivity contribution is 7.93. The lowest BCUT2D eigenvalue weighted by molar-refractivity contribution is 0.305. The average molecular weight is 323 g/mol. The molecule has 2 aromatic rings. The third-order valence-corrected chi connectivity index (χ3v) is 4.61. The van der Waals surface area contributed by atoms with Crippen molar-refractivity contribution < 1.29 is 13.5 Å². The van der Waals surface area contributed by atoms with E-state index >= 15 is 0 Å². The quantitative estimate of drug-likeness (QED) is 0.829. The standard InChI is InChI=1S/C13H13N3O3S2/c1-10-5-6-12(11(8-10)4-2-3-7-17)21(18,19)15-13-9-14-16-20-13/h5-6,8-9,15,17H,3,7H2,1H3. The van der Waals surface area contributed by atoms with Crippen LogP contribution in [0.15, 0.2) is 29.3 Å². The van der Waals surface area contributed by atoms with Crippen molar-refractivity contribution in [1.29, 1.82) is 0 Å². The predicted molar refractivity (Wildman–Crippen MR) is 80.5 cm³/mol. The predicted octanol–water partition coefficient (Wildman–Crippen LogP) is 1.38. The molecular weight excluding hydrogens is 310 g/mol. The van der Waals surface area contributed by atoms with Gasteiger partial charge in [-0.15, -0.1) is 5.10 Å². The molecule has 0 aliphatic carbocycles. The molecular formula is C13H13N3O3S2. The molecule has 0 spiro atoms. The Bertz CT molecular complexity index is 775. The van der Waals surface area contributed by atoms with Crippen LogP contribution in [0, 0.1) is 18.8 Å². The number of aromatic nitrogens is 2. The largest absolute Gasteiger partial charge is 0.395 e. The van der Waals surface area contributed by atoms with Crippen LogP contribution in [-0.2, 0) is 10.0 Å². The second-order valence-corrected chi connectivity index (χ2v) is 6.60. The smallest absolute Gasteiger partial charge is 0.263 e. The maximum absolute atomic E-state index is 12.4. The normalized spacial score (nSPS) is 10.8. The van der Waals surface area contributed by atoms with Crippen molar-refractivity contribution in [2.45, 2.75) is 18.2 Å². The zero-order valence-corrected chi connectivity index (χ0v) is 12.8. The van der Waals surface area contributed by atoms with Crippen LogP contribution in [0.5, 0.6) is 0 Å². The van der Waals surface area contributed by atoms with E-state index in [0.29, 0.717) is 17.0 Å². The summed E-state index contributed by atoms with van der Waals surface area (Å²) in [4.78, 5) is 0.0898. The minimum absolute atomic E-state index is 0.0638. The van der Waals surface area contributed by atoms with E-state index in [2.05, 4.69) is 26.1 Å². The number of aliphatic hydroxyl groups is 1. The van der Waals surface area contributed by atoms with E-state index < -0.39 is 10.0 Å². The number of rotatable bonds is 4. The van der Waals surface area contributed by atoms with Crippen LogP contribution in [0.2, 0.25) is 0 Å². The summed E-state index contributed by atoms with van der Waals surface area (Å²) in [6, 6.07) is 4.91. The van der Waals surface area contributed by atoms with E-state index in [1.54, 1.807) is 12.1 Å². The van der Waals surface area contributed by atoms with Crippen molar-refractivity contribution in [1.82, 2.24) is 9.59 Å². The lowest BCUT2D eigenvalue weighted by Gasteiger charge is -2.08. The summed E-state index contributed by atoms with van der Waals surface area (Å²) in [5.74, 6) is 5.52. The Morgan fingerprint density at radius 3 is 2.90 bits per heavy atom. The lowest BCUT2D eigenvalue weighted by Crippen LogP contribution is -2.13. The van der Waals surface area contributed by atoms with Gasteiger partial charge in [-0.2, -0.15) is 0 Å². The molecule has 0 aliphatic heterocycles. The zero-order chi connectivity index (χ0) is 15.3. The summed E-state index contributed by atoms with van der Waals surface area (Å²) in [7, 11) is -3.75. The Labute approximate surface area is 127 Å². The van der Waals surface area contributed by atoms with Gasteiger partial charge in [-0.3, -0.25) is 4.72 Å². The molecule has 110 valence electrons. The number of aliphatic hydroxyl groups excluding tert-OH is 1. The number of sulfonamides is 1. The summed E-state index contributed by atoms with van der Waals surface area (Å²) in [5.41, 5.74) is 1.30. The maximum atomic E-state index is 12.4. The molecule has 6 nitrogen and oxygen atoms in total. The fourth-order valence-corrected chi connectivity index (χ4v) is 3.42. The van der Waals surface area contributed by atoms with E-state index in [9.17, 15) is 8.42 Å². The Morgan fingerprint density at radius 2 is 2.24 bits per heavy atom. The Kier molecular flexibility index (Phi) is 4.90. The Morgan fingerprint density at radius 1 is 1.43 bits per heavy atom. The van der Waals surface area contributed by atoms with Crippen LogP contribution in [0.25, 0.3) is 0 Å². The molecule has 0 amide bonds. The fraction of sp³-hybridized carbons (Fsp3) is 0.231. The van der Waals surface area contributed by atoms with Crippen molar-refractivity contribution in [2.75, 3.05) is 11.3 Å². The van der Waals surface area contributed by atoms with Gasteiger partial charge in [0, 0.05) is 23.5 Å². The minimum atomic E-state index is -3.75. The van der Waals surface area contributed by atoms with Crippen LogP contribution in [0.3, 0.4) is 0 Å². The number of anilines is 1. The molecule has 1 aromatic carbocycles. The van der Waals surface area contributed by atoms with Crippen LogP contribution in [0.1, 0.15) is 17.5 Å². The highest BCUT2D eigenvalue weighted by Gasteiger charge is 2.19. The van der Waals surface area contributed by atoms with E-state index in [1.165, 1.54) is 12.3 Å². The van der Waals surface area contributed by atoms with Crippen LogP contribution >= 0.6 is 11.5 Å². The summed E-state index contributed by atoms with van der Waals surface area (Å²) >= 11 is 0.954. The van der Waals surface area contributed by atoms with Crippen molar-refractivity contribution >= 4 is 26.6 Å². The molecule has 2 rings (SSSR count). The van der Waals surface area contributed by atoms with Crippen molar-refractivity contribution in [3.63, 3.8) is 0 Å². The molecule has 8 heteroatoms. The first-order valence-corrected chi connectivity index (χ1v) is 8.29. The maximum Gasteiger partial charge on any atom is 0.263 e. The highest BCUT2D eigenvalue weighted by atomic mass is 32.2. The third-order valence-electron chi connectivity index (χ3n) is 2.48. The van der Waals surface area contributed by atoms with Crippen molar-refractivity contribution in [3.05, 3.63) is 35.5 Å². The molecule has 0 fully saturated rings. The van der Waals surface area contributed by atoms with Crippen LogP contribution in [0.4, 0.5) is 5.00 Å². The van der Waals surface area contributed by atoms with Crippen molar-refractivity contribution in [2.24, 2.45) is 0 Å². The number of hydrogen-bond donors (Lipinski definition) is 2. The monoisotopic (exact) mass is 323 g/mol. The van der Waals surface area contributed by atoms with Gasteiger partial charge in [-0.1, -0.05) is 22.4 Å². The van der Waals surface area contributed by atoms with Gasteiger partial charge >= 0.3 is 0 Å². The summed E-state index contributed by atoms with van der Waals surface area (Å²) in [6.45, 7) is 1.79. The zero-order valence-electron chi connectivity index (χ0n) is 11.2. The average Bonchev–Trinajstić information content (AvgIpc) is 2.91. The first-order valence-electron chi connectivity index (χ1n) is 6.03. The number of nitrogens with one attached hydrogen (secondary N) is 1. The molecule has 0 bridgehead atoms. The molecule has 0 aliphatic rings. The molecule has 0 saturated carbocycles. The van der Waals surface area contributed by atoms with Gasteiger partial charge in [-0.05, 0) is 24.6 Å². The van der Waals surface area contributed by atoms with Gasteiger partial charge in [0.25, 0.3) is 10.0 Å². The topological polar surface area (TPSA) is 92.2 Å². The fourth-order valence-electron chi connectivity index (χ4n) is 1.59. The molecule has 1 aromatic heterocycles. The Hall–Kier alpha value is -1.95. The minimum Gasteiger partial charge on any atom is -0.395 e. The summed E-state index contributed by atoms with van der Waals surface area (Å²) in [6.07, 6.45) is 1.63. The molecule has 0 radical (unpaired) electrons. The molecule has 0 unspecified atom stereocenters. The van der Waals surface area contributed by atoms with Gasteiger partial charge in [0.2, 0.25) is 0 Å². The number of nitrogens with zero attached hydrogens (tertiary/aromatic N) is 2. The molecule has 0 saturated heterocycles. The van der Waals surface area contributed by atoms with Gasteiger partial charge in [0.1, 0.15) is 9.90 Å². The highest BCUT2D eigenvalue weighted by Crippen LogP contribution is 2.21. The Balaban J connectivity index is 2.41. The van der Waals surface area contributed by atoms with Gasteiger partial charge in [-0.25, -0.2) is 8.42 Å². The first kappa shape index (κ1) is 15.4. The third kappa shape index (κ3) is 4.01.